The fraction of sp³-hybridized carbons (Fsp3) is 0.227. The van der Waals surface area contributed by atoms with E-state index in [0.29, 0.717) is 18.0 Å². The molecule has 3 N–H and O–H groups in total. The second kappa shape index (κ2) is 7.57. The number of piperazine rings is 1. The van der Waals surface area contributed by atoms with Crippen molar-refractivity contribution in [3.63, 3.8) is 0 Å². The molecule has 3 aromatic heterocycles. The zero-order chi connectivity index (χ0) is 21.5. The number of fused-ring (bicyclic) bond motifs is 2. The van der Waals surface area contributed by atoms with E-state index in [1.165, 1.54) is 0 Å². The second-order valence-corrected chi connectivity index (χ2v) is 7.80. The quantitative estimate of drug-likeness (QED) is 0.450. The molecule has 32 heavy (non-hydrogen) atoms. The maximum absolute atomic E-state index is 11.9. The monoisotopic (exact) mass is 427 g/mol. The van der Waals surface area contributed by atoms with Crippen molar-refractivity contribution in [3.05, 3.63) is 60.3 Å². The number of anilines is 3. The van der Waals surface area contributed by atoms with Gasteiger partial charge in [-0.25, -0.2) is 19.9 Å². The number of benzene rings is 1. The highest BCUT2D eigenvalue weighted by molar-refractivity contribution is 5.98. The number of hydrogen-bond acceptors (Lipinski definition) is 8. The fourth-order valence-electron chi connectivity index (χ4n) is 4.16. The molecule has 0 saturated carbocycles. The van der Waals surface area contributed by atoms with Gasteiger partial charge in [0.05, 0.1) is 30.0 Å². The molecule has 0 aliphatic carbocycles. The first kappa shape index (κ1) is 18.7. The molecule has 160 valence electrons. The number of aromatic nitrogens is 5. The summed E-state index contributed by atoms with van der Waals surface area (Å²) < 4.78 is 1.98. The summed E-state index contributed by atoms with van der Waals surface area (Å²) in [6, 6.07) is 5.83. The van der Waals surface area contributed by atoms with E-state index in [4.69, 9.17) is 0 Å². The van der Waals surface area contributed by atoms with E-state index in [9.17, 15) is 4.79 Å². The minimum atomic E-state index is -0.0257. The highest BCUT2D eigenvalue weighted by Gasteiger charge is 2.20. The number of hydrogen-bond donors (Lipinski definition) is 3. The van der Waals surface area contributed by atoms with E-state index >= 15 is 0 Å². The largest absolute Gasteiger partial charge is 0.348 e. The van der Waals surface area contributed by atoms with E-state index < -0.39 is 0 Å². The number of imidazole rings is 1. The smallest absolute Gasteiger partial charge is 0.251 e. The van der Waals surface area contributed by atoms with Gasteiger partial charge in [-0.05, 0) is 17.7 Å². The van der Waals surface area contributed by atoms with Gasteiger partial charge in [-0.1, -0.05) is 6.07 Å². The lowest BCUT2D eigenvalue weighted by Gasteiger charge is -2.27. The molecule has 6 rings (SSSR count). The van der Waals surface area contributed by atoms with Crippen LogP contribution in [-0.2, 0) is 6.54 Å². The van der Waals surface area contributed by atoms with Gasteiger partial charge in [-0.15, -0.1) is 0 Å². The number of nitrogens with zero attached hydrogens (tertiary/aromatic N) is 6. The summed E-state index contributed by atoms with van der Waals surface area (Å²) in [4.78, 5) is 32.1. The summed E-state index contributed by atoms with van der Waals surface area (Å²) in [5.74, 6) is 1.33. The lowest BCUT2D eigenvalue weighted by Crippen LogP contribution is -2.44. The van der Waals surface area contributed by atoms with Crippen LogP contribution in [0.3, 0.4) is 0 Å². The first-order chi connectivity index (χ1) is 15.8. The Bertz CT molecular complexity index is 1310. The fourth-order valence-corrected chi connectivity index (χ4v) is 4.16. The van der Waals surface area contributed by atoms with Crippen LogP contribution in [0, 0.1) is 0 Å². The molecule has 5 heterocycles. The number of carbonyl (C=O) groups excluding carboxylic acids is 1. The summed E-state index contributed by atoms with van der Waals surface area (Å²) in [5.41, 5.74) is 5.04. The number of nitrogens with one attached hydrogen (secondary N) is 3. The van der Waals surface area contributed by atoms with Crippen molar-refractivity contribution in [1.29, 1.82) is 0 Å². The molecule has 0 atom stereocenters. The third-order valence-electron chi connectivity index (χ3n) is 5.81. The Labute approximate surface area is 183 Å². The summed E-state index contributed by atoms with van der Waals surface area (Å²) in [7, 11) is 0. The summed E-state index contributed by atoms with van der Waals surface area (Å²) in [5, 5.41) is 9.47. The summed E-state index contributed by atoms with van der Waals surface area (Å²) in [6.07, 6.45) is 8.99. The van der Waals surface area contributed by atoms with Crippen LogP contribution in [0.2, 0.25) is 0 Å². The predicted octanol–water partition coefficient (Wildman–Crippen LogP) is 1.58. The molecule has 0 unspecified atom stereocenters. The van der Waals surface area contributed by atoms with Crippen molar-refractivity contribution in [2.24, 2.45) is 0 Å². The molecular weight excluding hydrogens is 406 g/mol. The van der Waals surface area contributed by atoms with E-state index in [1.807, 2.05) is 28.8 Å². The molecule has 1 saturated heterocycles. The molecule has 4 aromatic rings. The number of rotatable bonds is 4. The maximum atomic E-state index is 11.9. The molecular formula is C22H21N9O. The van der Waals surface area contributed by atoms with Crippen LogP contribution in [0.25, 0.3) is 16.9 Å². The Hall–Kier alpha value is -4.05. The van der Waals surface area contributed by atoms with Crippen LogP contribution in [0.4, 0.5) is 17.5 Å². The van der Waals surface area contributed by atoms with Gasteiger partial charge >= 0.3 is 0 Å². The standard InChI is InChI=1S/C22H21N9O/c32-21-17-2-1-14(9-15(17)10-26-21)18-13-25-19(20-24-5-8-31(18)20)29-16-11-27-22(28-12-16)30-6-3-23-4-7-30/h1-2,5,8-9,11-13,23H,3-4,6-7,10H2,(H,25,29)(H,26,32). The Morgan fingerprint density at radius 3 is 2.69 bits per heavy atom. The third kappa shape index (κ3) is 3.21. The Kier molecular flexibility index (Phi) is 4.43. The van der Waals surface area contributed by atoms with Gasteiger partial charge in [0.15, 0.2) is 11.5 Å². The Morgan fingerprint density at radius 2 is 1.84 bits per heavy atom. The maximum Gasteiger partial charge on any atom is 0.251 e. The van der Waals surface area contributed by atoms with Gasteiger partial charge in [0, 0.05) is 56.2 Å². The van der Waals surface area contributed by atoms with Crippen molar-refractivity contribution in [1.82, 2.24) is 35.0 Å². The third-order valence-corrected chi connectivity index (χ3v) is 5.81. The molecule has 1 aromatic carbocycles. The lowest BCUT2D eigenvalue weighted by atomic mass is 10.0. The van der Waals surface area contributed by atoms with E-state index in [-0.39, 0.29) is 5.91 Å². The van der Waals surface area contributed by atoms with Crippen LogP contribution in [0.5, 0.6) is 0 Å². The van der Waals surface area contributed by atoms with Crippen LogP contribution in [0.15, 0.2) is 49.2 Å². The van der Waals surface area contributed by atoms with Gasteiger partial charge in [0.1, 0.15) is 0 Å². The van der Waals surface area contributed by atoms with Crippen molar-refractivity contribution >= 4 is 29.0 Å². The average Bonchev–Trinajstić information content (AvgIpc) is 3.48. The molecule has 2 aliphatic rings. The molecule has 2 aliphatic heterocycles. The average molecular weight is 427 g/mol. The van der Waals surface area contributed by atoms with E-state index in [1.54, 1.807) is 24.8 Å². The van der Waals surface area contributed by atoms with E-state index in [0.717, 1.165) is 60.2 Å². The number of carbonyl (C=O) groups is 1. The van der Waals surface area contributed by atoms with Crippen LogP contribution in [-0.4, -0.2) is 56.4 Å². The topological polar surface area (TPSA) is 112 Å². The second-order valence-electron chi connectivity index (χ2n) is 7.80. The van der Waals surface area contributed by atoms with Crippen molar-refractivity contribution < 1.29 is 4.79 Å². The van der Waals surface area contributed by atoms with Gasteiger partial charge in [0.2, 0.25) is 5.95 Å². The minimum Gasteiger partial charge on any atom is -0.348 e. The van der Waals surface area contributed by atoms with Crippen molar-refractivity contribution in [3.8, 4) is 11.3 Å². The van der Waals surface area contributed by atoms with Gasteiger partial charge < -0.3 is 20.9 Å². The molecule has 10 heteroatoms. The zero-order valence-electron chi connectivity index (χ0n) is 17.2. The minimum absolute atomic E-state index is 0.0257. The highest BCUT2D eigenvalue weighted by Crippen LogP contribution is 2.28. The van der Waals surface area contributed by atoms with Gasteiger partial charge in [0.25, 0.3) is 5.91 Å². The highest BCUT2D eigenvalue weighted by atomic mass is 16.1. The van der Waals surface area contributed by atoms with Crippen molar-refractivity contribution in [2.75, 3.05) is 36.4 Å². The van der Waals surface area contributed by atoms with Gasteiger partial charge in [-0.3, -0.25) is 9.20 Å². The normalized spacial score (nSPS) is 15.6. The molecule has 1 fully saturated rings. The Balaban J connectivity index is 1.29. The van der Waals surface area contributed by atoms with Gasteiger partial charge in [-0.2, -0.15) is 0 Å². The number of amides is 1. The predicted molar refractivity (Wildman–Crippen MR) is 120 cm³/mol. The first-order valence-electron chi connectivity index (χ1n) is 10.5. The van der Waals surface area contributed by atoms with Crippen LogP contribution < -0.4 is 20.9 Å². The molecule has 0 bridgehead atoms. The SMILES string of the molecule is O=C1NCc2cc(-c3cnc(Nc4cnc(N5CCNCC5)nc4)c4nccn34)ccc21. The van der Waals surface area contributed by atoms with Crippen LogP contribution in [0.1, 0.15) is 15.9 Å². The van der Waals surface area contributed by atoms with Crippen LogP contribution >= 0.6 is 0 Å². The summed E-state index contributed by atoms with van der Waals surface area (Å²) >= 11 is 0. The molecule has 0 spiro atoms. The Morgan fingerprint density at radius 1 is 1.00 bits per heavy atom. The zero-order valence-corrected chi connectivity index (χ0v) is 17.2. The van der Waals surface area contributed by atoms with Crippen molar-refractivity contribution in [2.45, 2.75) is 6.54 Å². The molecule has 0 radical (unpaired) electrons. The molecule has 1 amide bonds. The van der Waals surface area contributed by atoms with E-state index in [2.05, 4.69) is 40.8 Å². The lowest BCUT2D eigenvalue weighted by molar-refractivity contribution is 0.0966. The first-order valence-corrected chi connectivity index (χ1v) is 10.5. The summed E-state index contributed by atoms with van der Waals surface area (Å²) in [6.45, 7) is 4.23. The molecule has 10 nitrogen and oxygen atoms in total.